The van der Waals surface area contributed by atoms with Crippen LogP contribution in [-0.4, -0.2) is 37.8 Å². The lowest BCUT2D eigenvalue weighted by molar-refractivity contribution is 0.0769. The number of rotatable bonds is 6. The van der Waals surface area contributed by atoms with Crippen molar-refractivity contribution in [2.24, 2.45) is 0 Å². The zero-order valence-corrected chi connectivity index (χ0v) is 20.7. The molecule has 2 heterocycles. The van der Waals surface area contributed by atoms with E-state index in [1.54, 1.807) is 11.9 Å². The van der Waals surface area contributed by atoms with Gasteiger partial charge in [0, 0.05) is 23.9 Å². The lowest BCUT2D eigenvalue weighted by atomic mass is 9.87. The van der Waals surface area contributed by atoms with Crippen molar-refractivity contribution in [3.63, 3.8) is 0 Å². The summed E-state index contributed by atoms with van der Waals surface area (Å²) in [4.78, 5) is 19.0. The topological polar surface area (TPSA) is 77.0 Å². The van der Waals surface area contributed by atoms with E-state index in [1.165, 1.54) is 5.56 Å². The van der Waals surface area contributed by atoms with Gasteiger partial charge in [0.15, 0.2) is 0 Å². The Morgan fingerprint density at radius 1 is 1.03 bits per heavy atom. The van der Waals surface area contributed by atoms with Crippen LogP contribution in [0.3, 0.4) is 0 Å². The average molecular weight is 458 g/mol. The van der Waals surface area contributed by atoms with Crippen LogP contribution in [0.25, 0.3) is 11.4 Å². The second-order valence-corrected chi connectivity index (χ2v) is 9.78. The summed E-state index contributed by atoms with van der Waals surface area (Å²) in [6.45, 7) is 11.5. The number of benzene rings is 2. The summed E-state index contributed by atoms with van der Waals surface area (Å²) in [5.74, 6) is 0.809. The van der Waals surface area contributed by atoms with Crippen molar-refractivity contribution in [1.82, 2.24) is 24.8 Å². The van der Waals surface area contributed by atoms with Crippen molar-refractivity contribution in [2.75, 3.05) is 7.05 Å². The number of aryl methyl sites for hydroxylation is 2. The zero-order chi connectivity index (χ0) is 24.5. The quantitative estimate of drug-likeness (QED) is 0.399. The van der Waals surface area contributed by atoms with Gasteiger partial charge in [0.05, 0.1) is 18.8 Å². The SMILES string of the molecule is Cc1cc(C)n(Cc2ccc(C(=O)N(C)Cc3nc(-c4ccc(C(C)(C)C)cc4)no3)cc2)n1. The minimum Gasteiger partial charge on any atom is -0.337 e. The maximum Gasteiger partial charge on any atom is 0.254 e. The van der Waals surface area contributed by atoms with Crippen molar-refractivity contribution >= 4 is 5.91 Å². The summed E-state index contributed by atoms with van der Waals surface area (Å²) in [6.07, 6.45) is 0. The van der Waals surface area contributed by atoms with Crippen LogP contribution in [0.5, 0.6) is 0 Å². The van der Waals surface area contributed by atoms with Gasteiger partial charge in [0.2, 0.25) is 11.7 Å². The van der Waals surface area contributed by atoms with Gasteiger partial charge in [-0.05, 0) is 48.6 Å². The van der Waals surface area contributed by atoms with E-state index in [0.717, 1.165) is 22.5 Å². The van der Waals surface area contributed by atoms with E-state index < -0.39 is 0 Å². The molecule has 0 saturated heterocycles. The first-order valence-electron chi connectivity index (χ1n) is 11.4. The molecular formula is C27H31N5O2. The minimum atomic E-state index is -0.105. The zero-order valence-electron chi connectivity index (χ0n) is 20.7. The van der Waals surface area contributed by atoms with E-state index in [4.69, 9.17) is 4.52 Å². The molecule has 2 aromatic heterocycles. The van der Waals surface area contributed by atoms with Crippen LogP contribution in [0.15, 0.2) is 59.1 Å². The molecule has 0 saturated carbocycles. The van der Waals surface area contributed by atoms with Crippen LogP contribution in [0.1, 0.15) is 59.5 Å². The number of hydrogen-bond donors (Lipinski definition) is 0. The van der Waals surface area contributed by atoms with Crippen molar-refractivity contribution in [3.05, 3.63) is 88.6 Å². The average Bonchev–Trinajstić information content (AvgIpc) is 3.39. The molecule has 176 valence electrons. The molecule has 0 aliphatic carbocycles. The molecule has 7 nitrogen and oxygen atoms in total. The smallest absolute Gasteiger partial charge is 0.254 e. The van der Waals surface area contributed by atoms with E-state index in [0.29, 0.717) is 23.8 Å². The van der Waals surface area contributed by atoms with Crippen molar-refractivity contribution in [3.8, 4) is 11.4 Å². The Hall–Kier alpha value is -3.74. The lowest BCUT2D eigenvalue weighted by Gasteiger charge is -2.18. The highest BCUT2D eigenvalue weighted by molar-refractivity contribution is 5.94. The fourth-order valence-corrected chi connectivity index (χ4v) is 3.81. The molecule has 0 N–H and O–H groups in total. The predicted molar refractivity (Wildman–Crippen MR) is 131 cm³/mol. The summed E-state index contributed by atoms with van der Waals surface area (Å²) in [5.41, 5.74) is 6.01. The first-order chi connectivity index (χ1) is 16.1. The lowest BCUT2D eigenvalue weighted by Crippen LogP contribution is -2.26. The summed E-state index contributed by atoms with van der Waals surface area (Å²) >= 11 is 0. The Bertz CT molecular complexity index is 1280. The van der Waals surface area contributed by atoms with Gasteiger partial charge in [-0.15, -0.1) is 0 Å². The van der Waals surface area contributed by atoms with Gasteiger partial charge in [-0.3, -0.25) is 9.48 Å². The van der Waals surface area contributed by atoms with Crippen LogP contribution in [0, 0.1) is 13.8 Å². The highest BCUT2D eigenvalue weighted by Gasteiger charge is 2.18. The van der Waals surface area contributed by atoms with Gasteiger partial charge in [-0.25, -0.2) is 0 Å². The summed E-state index contributed by atoms with van der Waals surface area (Å²) in [6, 6.07) is 17.8. The van der Waals surface area contributed by atoms with Crippen LogP contribution < -0.4 is 0 Å². The van der Waals surface area contributed by atoms with Crippen LogP contribution >= 0.6 is 0 Å². The molecule has 0 fully saturated rings. The molecule has 2 aromatic carbocycles. The number of hydrogen-bond acceptors (Lipinski definition) is 5. The molecular weight excluding hydrogens is 426 g/mol. The van der Waals surface area contributed by atoms with E-state index in [2.05, 4.69) is 54.2 Å². The molecule has 4 aromatic rings. The van der Waals surface area contributed by atoms with Gasteiger partial charge in [0.1, 0.15) is 0 Å². The largest absolute Gasteiger partial charge is 0.337 e. The minimum absolute atomic E-state index is 0.0827. The molecule has 0 aliphatic heterocycles. The monoisotopic (exact) mass is 457 g/mol. The Morgan fingerprint density at radius 3 is 2.29 bits per heavy atom. The normalized spacial score (nSPS) is 11.6. The van der Waals surface area contributed by atoms with Gasteiger partial charge < -0.3 is 9.42 Å². The van der Waals surface area contributed by atoms with Crippen LogP contribution in [0.4, 0.5) is 0 Å². The molecule has 1 amide bonds. The molecule has 0 atom stereocenters. The first kappa shape index (κ1) is 23.4. The Kier molecular flexibility index (Phi) is 6.37. The van der Waals surface area contributed by atoms with E-state index in [-0.39, 0.29) is 17.9 Å². The summed E-state index contributed by atoms with van der Waals surface area (Å²) in [7, 11) is 1.73. The third-order valence-corrected chi connectivity index (χ3v) is 5.83. The molecule has 0 bridgehead atoms. The Labute approximate surface area is 200 Å². The third-order valence-electron chi connectivity index (χ3n) is 5.83. The summed E-state index contributed by atoms with van der Waals surface area (Å²) < 4.78 is 7.37. The molecule has 7 heteroatoms. The molecule has 0 aliphatic rings. The second kappa shape index (κ2) is 9.25. The number of aromatic nitrogens is 4. The Morgan fingerprint density at radius 2 is 1.71 bits per heavy atom. The molecule has 4 rings (SSSR count). The van der Waals surface area contributed by atoms with Gasteiger partial charge in [-0.2, -0.15) is 10.1 Å². The first-order valence-corrected chi connectivity index (χ1v) is 11.4. The van der Waals surface area contributed by atoms with Crippen molar-refractivity contribution in [1.29, 1.82) is 0 Å². The van der Waals surface area contributed by atoms with Gasteiger partial charge in [0.25, 0.3) is 5.91 Å². The van der Waals surface area contributed by atoms with Crippen molar-refractivity contribution < 1.29 is 9.32 Å². The van der Waals surface area contributed by atoms with E-state index in [1.807, 2.05) is 54.9 Å². The summed E-state index contributed by atoms with van der Waals surface area (Å²) in [5, 5.41) is 8.59. The number of carbonyl (C=O) groups excluding carboxylic acids is 1. The molecule has 0 spiro atoms. The van der Waals surface area contributed by atoms with Crippen LogP contribution in [0.2, 0.25) is 0 Å². The number of nitrogens with zero attached hydrogens (tertiary/aromatic N) is 5. The standard InChI is InChI=1S/C27H31N5O2/c1-18-15-19(2)32(29-18)16-20-7-9-22(10-8-20)26(33)31(6)17-24-28-25(30-34-24)21-11-13-23(14-12-21)27(3,4)5/h7-15H,16-17H2,1-6H3. The van der Waals surface area contributed by atoms with Crippen molar-refractivity contribution in [2.45, 2.75) is 53.1 Å². The van der Waals surface area contributed by atoms with Gasteiger partial charge in [-0.1, -0.05) is 62.3 Å². The molecule has 0 radical (unpaired) electrons. The van der Waals surface area contributed by atoms with Gasteiger partial charge >= 0.3 is 0 Å². The fourth-order valence-electron chi connectivity index (χ4n) is 3.81. The maximum atomic E-state index is 12.9. The second-order valence-electron chi connectivity index (χ2n) is 9.78. The highest BCUT2D eigenvalue weighted by Crippen LogP contribution is 2.25. The fraction of sp³-hybridized carbons (Fsp3) is 0.333. The maximum absolute atomic E-state index is 12.9. The van der Waals surface area contributed by atoms with Crippen LogP contribution in [-0.2, 0) is 18.5 Å². The predicted octanol–water partition coefficient (Wildman–Crippen LogP) is 5.17. The third kappa shape index (κ3) is 5.25. The molecule has 0 unspecified atom stereocenters. The highest BCUT2D eigenvalue weighted by atomic mass is 16.5. The number of carbonyl (C=O) groups is 1. The van der Waals surface area contributed by atoms with E-state index in [9.17, 15) is 4.79 Å². The molecule has 34 heavy (non-hydrogen) atoms. The number of amides is 1. The Balaban J connectivity index is 1.39. The van der Waals surface area contributed by atoms with E-state index >= 15 is 0 Å².